The highest BCUT2D eigenvalue weighted by Gasteiger charge is 2.19. The predicted molar refractivity (Wildman–Crippen MR) is 119 cm³/mol. The van der Waals surface area contributed by atoms with E-state index in [2.05, 4.69) is 4.99 Å². The number of carbonyl (C=O) groups excluding carboxylic acids is 2. The number of hydrogen-bond acceptors (Lipinski definition) is 3. The van der Waals surface area contributed by atoms with Crippen LogP contribution in [0.1, 0.15) is 50.4 Å². The molecule has 0 N–H and O–H groups in total. The summed E-state index contributed by atoms with van der Waals surface area (Å²) in [6.07, 6.45) is 2.18. The Morgan fingerprint density at radius 1 is 1.00 bits per heavy atom. The van der Waals surface area contributed by atoms with Crippen molar-refractivity contribution in [2.24, 2.45) is 4.99 Å². The highest BCUT2D eigenvalue weighted by molar-refractivity contribution is 7.07. The van der Waals surface area contributed by atoms with Gasteiger partial charge in [-0.25, -0.2) is 0 Å². The van der Waals surface area contributed by atoms with Gasteiger partial charge in [-0.05, 0) is 56.5 Å². The third-order valence-electron chi connectivity index (χ3n) is 5.39. The van der Waals surface area contributed by atoms with Gasteiger partial charge in [-0.3, -0.25) is 9.59 Å². The minimum atomic E-state index is -0.235. The van der Waals surface area contributed by atoms with Crippen LogP contribution in [0.5, 0.6) is 0 Å². The number of thiazole rings is 1. The molecule has 1 aliphatic rings. The van der Waals surface area contributed by atoms with E-state index in [1.165, 1.54) is 11.3 Å². The molecule has 0 unspecified atom stereocenters. The first-order chi connectivity index (χ1) is 14.5. The number of aromatic nitrogens is 1. The van der Waals surface area contributed by atoms with Crippen LogP contribution in [0.4, 0.5) is 0 Å². The van der Waals surface area contributed by atoms with Crippen molar-refractivity contribution in [3.05, 3.63) is 86.7 Å². The molecule has 0 spiro atoms. The van der Waals surface area contributed by atoms with Crippen LogP contribution in [0.15, 0.2) is 58.9 Å². The molecule has 30 heavy (non-hydrogen) atoms. The standard InChI is InChI=1S/C24H25N3O2S/c1-17-6-5-7-21(14-17)22(28)25-24-27(18(2)16-30-24)15-19-8-10-20(11-9-19)23(29)26-12-3-4-13-26/h5-11,14,16H,3-4,12-13,15H2,1-2H3. The molecule has 0 aliphatic carbocycles. The zero-order valence-electron chi connectivity index (χ0n) is 17.3. The third kappa shape index (κ3) is 4.44. The molecule has 6 heteroatoms. The van der Waals surface area contributed by atoms with Gasteiger partial charge in [0.1, 0.15) is 0 Å². The maximum atomic E-state index is 12.6. The van der Waals surface area contributed by atoms with Crippen molar-refractivity contribution in [3.63, 3.8) is 0 Å². The monoisotopic (exact) mass is 419 g/mol. The van der Waals surface area contributed by atoms with Crippen LogP contribution in [0, 0.1) is 13.8 Å². The summed E-state index contributed by atoms with van der Waals surface area (Å²) in [6, 6.07) is 15.2. The van der Waals surface area contributed by atoms with E-state index in [-0.39, 0.29) is 11.8 Å². The molecule has 2 amide bonds. The summed E-state index contributed by atoms with van der Waals surface area (Å²) in [5.74, 6) is -0.126. The van der Waals surface area contributed by atoms with Gasteiger partial charge >= 0.3 is 0 Å². The molecule has 1 aromatic heterocycles. The van der Waals surface area contributed by atoms with Crippen molar-refractivity contribution in [1.29, 1.82) is 0 Å². The van der Waals surface area contributed by atoms with Gasteiger partial charge < -0.3 is 9.47 Å². The second-order valence-corrected chi connectivity index (χ2v) is 8.57. The molecule has 3 aromatic rings. The molecule has 2 heterocycles. The van der Waals surface area contributed by atoms with E-state index in [1.54, 1.807) is 6.07 Å². The van der Waals surface area contributed by atoms with E-state index in [4.69, 9.17) is 0 Å². The topological polar surface area (TPSA) is 54.7 Å². The van der Waals surface area contributed by atoms with Gasteiger partial charge in [-0.15, -0.1) is 11.3 Å². The van der Waals surface area contributed by atoms with Crippen LogP contribution in [0.25, 0.3) is 0 Å². The lowest BCUT2D eigenvalue weighted by atomic mass is 10.1. The predicted octanol–water partition coefficient (Wildman–Crippen LogP) is 4.19. The van der Waals surface area contributed by atoms with E-state index in [9.17, 15) is 9.59 Å². The van der Waals surface area contributed by atoms with Crippen LogP contribution in [-0.2, 0) is 6.54 Å². The number of rotatable bonds is 4. The Morgan fingerprint density at radius 2 is 1.73 bits per heavy atom. The molecule has 0 atom stereocenters. The zero-order valence-corrected chi connectivity index (χ0v) is 18.1. The lowest BCUT2D eigenvalue weighted by Crippen LogP contribution is -2.27. The summed E-state index contributed by atoms with van der Waals surface area (Å²) >= 11 is 1.46. The summed E-state index contributed by atoms with van der Waals surface area (Å²) in [5.41, 5.74) is 4.48. The van der Waals surface area contributed by atoms with Crippen LogP contribution in [-0.4, -0.2) is 34.4 Å². The van der Waals surface area contributed by atoms with E-state index >= 15 is 0 Å². The quantitative estimate of drug-likeness (QED) is 0.637. The average Bonchev–Trinajstić information content (AvgIpc) is 3.40. The van der Waals surface area contributed by atoms with Crippen molar-refractivity contribution in [2.45, 2.75) is 33.2 Å². The van der Waals surface area contributed by atoms with Crippen molar-refractivity contribution in [1.82, 2.24) is 9.47 Å². The Bertz CT molecular complexity index is 1140. The van der Waals surface area contributed by atoms with Gasteiger partial charge in [0.2, 0.25) is 0 Å². The highest BCUT2D eigenvalue weighted by atomic mass is 32.1. The van der Waals surface area contributed by atoms with Crippen LogP contribution in [0.2, 0.25) is 0 Å². The zero-order chi connectivity index (χ0) is 21.1. The van der Waals surface area contributed by atoms with Crippen molar-refractivity contribution in [2.75, 3.05) is 13.1 Å². The summed E-state index contributed by atoms with van der Waals surface area (Å²) in [5, 5.41) is 2.01. The summed E-state index contributed by atoms with van der Waals surface area (Å²) in [7, 11) is 0. The third-order valence-corrected chi connectivity index (χ3v) is 6.37. The van der Waals surface area contributed by atoms with Crippen molar-refractivity contribution >= 4 is 23.2 Å². The maximum Gasteiger partial charge on any atom is 0.279 e. The van der Waals surface area contributed by atoms with E-state index < -0.39 is 0 Å². The molecule has 5 nitrogen and oxygen atoms in total. The van der Waals surface area contributed by atoms with Crippen LogP contribution >= 0.6 is 11.3 Å². The Hall–Kier alpha value is -2.99. The summed E-state index contributed by atoms with van der Waals surface area (Å²) in [6.45, 7) is 6.28. The largest absolute Gasteiger partial charge is 0.339 e. The van der Waals surface area contributed by atoms with Gasteiger partial charge in [0.25, 0.3) is 11.8 Å². The van der Waals surface area contributed by atoms with Crippen LogP contribution in [0.3, 0.4) is 0 Å². The molecule has 0 saturated carbocycles. The summed E-state index contributed by atoms with van der Waals surface area (Å²) < 4.78 is 2.04. The molecule has 1 saturated heterocycles. The number of amides is 2. The number of hydrogen-bond donors (Lipinski definition) is 0. The van der Waals surface area contributed by atoms with Gasteiger partial charge in [-0.1, -0.05) is 29.8 Å². The maximum absolute atomic E-state index is 12.6. The number of benzene rings is 2. The van der Waals surface area contributed by atoms with Gasteiger partial charge in [0.05, 0.1) is 6.54 Å². The minimum Gasteiger partial charge on any atom is -0.339 e. The van der Waals surface area contributed by atoms with E-state index in [1.807, 2.05) is 71.2 Å². The highest BCUT2D eigenvalue weighted by Crippen LogP contribution is 2.15. The number of nitrogens with zero attached hydrogens (tertiary/aromatic N) is 3. The first kappa shape index (κ1) is 20.3. The lowest BCUT2D eigenvalue weighted by Gasteiger charge is -2.15. The van der Waals surface area contributed by atoms with E-state index in [0.29, 0.717) is 16.9 Å². The van der Waals surface area contributed by atoms with Gasteiger partial charge in [0.15, 0.2) is 4.80 Å². The second-order valence-electron chi connectivity index (χ2n) is 7.73. The Labute approximate surface area is 180 Å². The molecular formula is C24H25N3O2S. The number of carbonyl (C=O) groups is 2. The SMILES string of the molecule is Cc1cccc(C(=O)N=c2scc(C)n2Cc2ccc(C(=O)N3CCCC3)cc2)c1. The number of aryl methyl sites for hydroxylation is 2. The van der Waals surface area contributed by atoms with Crippen LogP contribution < -0.4 is 4.80 Å². The molecule has 154 valence electrons. The second kappa shape index (κ2) is 8.79. The Morgan fingerprint density at radius 3 is 2.43 bits per heavy atom. The Balaban J connectivity index is 1.55. The van der Waals surface area contributed by atoms with Crippen molar-refractivity contribution in [3.8, 4) is 0 Å². The lowest BCUT2D eigenvalue weighted by molar-refractivity contribution is 0.0792. The average molecular weight is 420 g/mol. The molecular weight excluding hydrogens is 394 g/mol. The fraction of sp³-hybridized carbons (Fsp3) is 0.292. The number of likely N-dealkylation sites (tertiary alicyclic amines) is 1. The molecule has 2 aromatic carbocycles. The van der Waals surface area contributed by atoms with Gasteiger partial charge in [0, 0.05) is 35.3 Å². The summed E-state index contributed by atoms with van der Waals surface area (Å²) in [4.78, 5) is 32.1. The molecule has 4 rings (SSSR count). The first-order valence-electron chi connectivity index (χ1n) is 10.2. The smallest absolute Gasteiger partial charge is 0.279 e. The Kier molecular flexibility index (Phi) is 5.95. The molecule has 1 aliphatic heterocycles. The molecule has 0 bridgehead atoms. The normalized spacial score (nSPS) is 14.3. The first-order valence-corrected chi connectivity index (χ1v) is 11.1. The van der Waals surface area contributed by atoms with Crippen molar-refractivity contribution < 1.29 is 9.59 Å². The minimum absolute atomic E-state index is 0.109. The van der Waals surface area contributed by atoms with E-state index in [0.717, 1.165) is 48.3 Å². The fourth-order valence-electron chi connectivity index (χ4n) is 3.66. The van der Waals surface area contributed by atoms with Gasteiger partial charge in [-0.2, -0.15) is 4.99 Å². The fourth-order valence-corrected chi connectivity index (χ4v) is 4.54. The molecule has 0 radical (unpaired) electrons. The molecule has 1 fully saturated rings.